The monoisotopic (exact) mass is 434 g/mol. The van der Waals surface area contributed by atoms with Crippen LogP contribution in [0.15, 0.2) is 59.1 Å². The molecule has 32 heavy (non-hydrogen) atoms. The van der Waals surface area contributed by atoms with Crippen LogP contribution in [0.1, 0.15) is 39.9 Å². The smallest absolute Gasteiger partial charge is 0.344 e. The number of imide groups is 1. The van der Waals surface area contributed by atoms with Crippen molar-refractivity contribution in [1.82, 2.24) is 20.9 Å². The minimum atomic E-state index is -1.26. The molecular weight excluding hydrogens is 412 g/mol. The van der Waals surface area contributed by atoms with E-state index in [0.717, 1.165) is 11.3 Å². The number of hydrazine groups is 1. The second kappa shape index (κ2) is 8.18. The molecule has 1 aromatic heterocycles. The molecule has 1 aliphatic heterocycles. The number of aryl methyl sites for hydroxylation is 2. The van der Waals surface area contributed by atoms with Crippen molar-refractivity contribution in [1.29, 1.82) is 0 Å². The molecule has 3 aromatic rings. The Labute approximate surface area is 184 Å². The Balaban J connectivity index is 1.41. The highest BCUT2D eigenvalue weighted by Crippen LogP contribution is 2.27. The molecule has 9 heteroatoms. The van der Waals surface area contributed by atoms with Gasteiger partial charge in [-0.05, 0) is 50.6 Å². The van der Waals surface area contributed by atoms with Gasteiger partial charge in [0, 0.05) is 5.56 Å². The Bertz CT molecular complexity index is 1150. The normalized spacial score (nSPS) is 17.9. The van der Waals surface area contributed by atoms with Crippen molar-refractivity contribution in [3.8, 4) is 5.75 Å². The summed E-state index contributed by atoms with van der Waals surface area (Å²) in [6.45, 7) is 5.53. The van der Waals surface area contributed by atoms with Crippen LogP contribution >= 0.6 is 0 Å². The van der Waals surface area contributed by atoms with Gasteiger partial charge in [0.1, 0.15) is 23.7 Å². The van der Waals surface area contributed by atoms with Crippen molar-refractivity contribution in [2.75, 3.05) is 0 Å². The van der Waals surface area contributed by atoms with E-state index < -0.39 is 23.4 Å². The first kappa shape index (κ1) is 21.1. The summed E-state index contributed by atoms with van der Waals surface area (Å²) in [5, 5.41) is 7.23. The largest absolute Gasteiger partial charge is 0.489 e. The first-order valence-corrected chi connectivity index (χ1v) is 9.97. The third-order valence-corrected chi connectivity index (χ3v) is 5.44. The summed E-state index contributed by atoms with van der Waals surface area (Å²) in [7, 11) is 0. The van der Waals surface area contributed by atoms with Crippen LogP contribution in [0.2, 0.25) is 0 Å². The number of hydrogen-bond donors (Lipinski definition) is 2. The van der Waals surface area contributed by atoms with Gasteiger partial charge in [0.25, 0.3) is 11.8 Å². The summed E-state index contributed by atoms with van der Waals surface area (Å²) < 4.78 is 10.8. The van der Waals surface area contributed by atoms with Gasteiger partial charge in [0.2, 0.25) is 0 Å². The first-order chi connectivity index (χ1) is 15.3. The molecule has 1 saturated heterocycles. The predicted molar refractivity (Wildman–Crippen MR) is 113 cm³/mol. The zero-order chi connectivity index (χ0) is 22.9. The fraction of sp³-hybridized carbons (Fsp3) is 0.217. The molecule has 9 nitrogen and oxygen atoms in total. The van der Waals surface area contributed by atoms with E-state index in [0.29, 0.717) is 22.1 Å². The third kappa shape index (κ3) is 3.80. The summed E-state index contributed by atoms with van der Waals surface area (Å²) in [4.78, 5) is 37.9. The topological polar surface area (TPSA) is 114 Å². The Morgan fingerprint density at radius 1 is 1.12 bits per heavy atom. The maximum Gasteiger partial charge on any atom is 0.344 e. The van der Waals surface area contributed by atoms with Crippen LogP contribution in [0.5, 0.6) is 5.75 Å². The number of benzene rings is 2. The second-order valence-corrected chi connectivity index (χ2v) is 7.62. The number of hydrogen-bond acceptors (Lipinski definition) is 6. The first-order valence-electron chi connectivity index (χ1n) is 9.97. The van der Waals surface area contributed by atoms with E-state index in [9.17, 15) is 14.4 Å². The van der Waals surface area contributed by atoms with E-state index in [4.69, 9.17) is 9.26 Å². The second-order valence-electron chi connectivity index (χ2n) is 7.62. The lowest BCUT2D eigenvalue weighted by atomic mass is 9.92. The number of carbonyl (C=O) groups is 3. The number of aromatic nitrogens is 1. The van der Waals surface area contributed by atoms with Gasteiger partial charge >= 0.3 is 6.03 Å². The summed E-state index contributed by atoms with van der Waals surface area (Å²) >= 11 is 0. The van der Waals surface area contributed by atoms with Crippen molar-refractivity contribution in [3.63, 3.8) is 0 Å². The molecule has 1 fully saturated rings. The molecule has 2 N–H and O–H groups in total. The number of ether oxygens (including phenoxy) is 1. The van der Waals surface area contributed by atoms with Gasteiger partial charge < -0.3 is 14.6 Å². The van der Waals surface area contributed by atoms with Crippen molar-refractivity contribution in [2.45, 2.75) is 32.9 Å². The van der Waals surface area contributed by atoms with E-state index in [-0.39, 0.29) is 12.2 Å². The lowest BCUT2D eigenvalue weighted by molar-refractivity contribution is -0.132. The Kier molecular flexibility index (Phi) is 5.40. The molecule has 1 unspecified atom stereocenters. The highest BCUT2D eigenvalue weighted by atomic mass is 16.5. The molecule has 0 saturated carbocycles. The minimum Gasteiger partial charge on any atom is -0.489 e. The highest BCUT2D eigenvalue weighted by molar-refractivity contribution is 6.09. The Hall–Kier alpha value is -4.14. The van der Waals surface area contributed by atoms with Crippen molar-refractivity contribution in [3.05, 3.63) is 82.7 Å². The highest BCUT2D eigenvalue weighted by Gasteiger charge is 2.50. The molecule has 0 aliphatic carbocycles. The van der Waals surface area contributed by atoms with E-state index in [1.807, 2.05) is 19.9 Å². The number of carbonyl (C=O) groups excluding carboxylic acids is 3. The quantitative estimate of drug-likeness (QED) is 0.577. The fourth-order valence-corrected chi connectivity index (χ4v) is 3.44. The molecule has 1 aliphatic rings. The number of urea groups is 1. The van der Waals surface area contributed by atoms with Gasteiger partial charge in [-0.25, -0.2) is 4.79 Å². The van der Waals surface area contributed by atoms with Crippen LogP contribution in [0.25, 0.3) is 0 Å². The maximum atomic E-state index is 12.9. The summed E-state index contributed by atoms with van der Waals surface area (Å²) in [5.74, 6) is 0.0762. The zero-order valence-corrected chi connectivity index (χ0v) is 17.8. The van der Waals surface area contributed by atoms with E-state index in [2.05, 4.69) is 15.9 Å². The zero-order valence-electron chi connectivity index (χ0n) is 17.8. The minimum absolute atomic E-state index is 0.267. The molecule has 4 amide bonds. The van der Waals surface area contributed by atoms with Gasteiger partial charge in [-0.1, -0.05) is 35.5 Å². The van der Waals surface area contributed by atoms with Crippen LogP contribution in [0.4, 0.5) is 4.79 Å². The van der Waals surface area contributed by atoms with Crippen molar-refractivity contribution < 1.29 is 23.6 Å². The molecule has 4 rings (SSSR count). The van der Waals surface area contributed by atoms with Crippen molar-refractivity contribution in [2.24, 2.45) is 0 Å². The van der Waals surface area contributed by atoms with Gasteiger partial charge in [-0.2, -0.15) is 5.01 Å². The summed E-state index contributed by atoms with van der Waals surface area (Å²) in [5.41, 5.74) is 3.63. The molecule has 2 aromatic carbocycles. The average Bonchev–Trinajstić information content (AvgIpc) is 3.23. The van der Waals surface area contributed by atoms with Crippen molar-refractivity contribution >= 4 is 17.8 Å². The molecule has 1 atom stereocenters. The Morgan fingerprint density at radius 3 is 2.44 bits per heavy atom. The number of nitrogens with one attached hydrogen (secondary N) is 2. The van der Waals surface area contributed by atoms with Gasteiger partial charge in [0.05, 0.1) is 11.3 Å². The number of nitrogens with zero attached hydrogens (tertiary/aromatic N) is 2. The molecule has 0 spiro atoms. The molecule has 2 heterocycles. The lowest BCUT2D eigenvalue weighted by Gasteiger charge is -2.22. The molecule has 0 radical (unpaired) electrons. The average molecular weight is 434 g/mol. The number of amides is 4. The van der Waals surface area contributed by atoms with Crippen LogP contribution < -0.4 is 15.5 Å². The fourth-order valence-electron chi connectivity index (χ4n) is 3.44. The van der Waals surface area contributed by atoms with Crippen LogP contribution in [0, 0.1) is 13.8 Å². The van der Waals surface area contributed by atoms with E-state index >= 15 is 0 Å². The lowest BCUT2D eigenvalue weighted by Crippen LogP contribution is -2.47. The standard InChI is InChI=1S/C23H22N4O5/c1-14-19(15(2)32-26-14)13-31-18-11-9-16(10-12-18)20(28)25-27-21(29)23(3,24-22(27)30)17-7-5-4-6-8-17/h4-12H,13H2,1-3H3,(H,24,30)(H,25,28). The van der Waals surface area contributed by atoms with E-state index in [1.165, 1.54) is 0 Å². The van der Waals surface area contributed by atoms with Crippen LogP contribution in [-0.4, -0.2) is 28.0 Å². The number of rotatable bonds is 6. The van der Waals surface area contributed by atoms with Gasteiger partial charge in [-0.15, -0.1) is 0 Å². The third-order valence-electron chi connectivity index (χ3n) is 5.44. The van der Waals surface area contributed by atoms with Gasteiger partial charge in [-0.3, -0.25) is 15.0 Å². The maximum absolute atomic E-state index is 12.9. The molecular formula is C23H22N4O5. The van der Waals surface area contributed by atoms with E-state index in [1.54, 1.807) is 55.5 Å². The van der Waals surface area contributed by atoms with Crippen LogP contribution in [-0.2, 0) is 16.9 Å². The summed E-state index contributed by atoms with van der Waals surface area (Å²) in [6.07, 6.45) is 0. The van der Waals surface area contributed by atoms with Gasteiger partial charge in [0.15, 0.2) is 0 Å². The SMILES string of the molecule is Cc1noc(C)c1COc1ccc(C(=O)NN2C(=O)NC(C)(c3ccccc3)C2=O)cc1. The summed E-state index contributed by atoms with van der Waals surface area (Å²) in [6, 6.07) is 14.5. The predicted octanol–water partition coefficient (Wildman–Crippen LogP) is 2.98. The van der Waals surface area contributed by atoms with Crippen LogP contribution in [0.3, 0.4) is 0 Å². The Morgan fingerprint density at radius 2 is 1.81 bits per heavy atom. The molecule has 0 bridgehead atoms. The molecule has 164 valence electrons.